The van der Waals surface area contributed by atoms with E-state index in [4.69, 9.17) is 11.6 Å². The Balaban J connectivity index is 2.24. The zero-order valence-corrected chi connectivity index (χ0v) is 9.63. The van der Waals surface area contributed by atoms with Crippen molar-refractivity contribution < 1.29 is 4.39 Å². The van der Waals surface area contributed by atoms with E-state index in [1.807, 2.05) is 4.90 Å². The first-order valence-electron chi connectivity index (χ1n) is 5.14. The van der Waals surface area contributed by atoms with Crippen LogP contribution in [0, 0.1) is 17.7 Å². The van der Waals surface area contributed by atoms with E-state index in [0.29, 0.717) is 22.7 Å². The molecule has 1 aliphatic rings. The van der Waals surface area contributed by atoms with Crippen LogP contribution in [0.15, 0.2) is 12.3 Å². The fourth-order valence-electron chi connectivity index (χ4n) is 1.94. The molecule has 0 aliphatic carbocycles. The van der Waals surface area contributed by atoms with Crippen LogP contribution >= 0.6 is 11.6 Å². The summed E-state index contributed by atoms with van der Waals surface area (Å²) < 4.78 is 13.6. The van der Waals surface area contributed by atoms with Crippen molar-refractivity contribution in [3.05, 3.63) is 23.1 Å². The molecule has 0 saturated carbocycles. The first-order chi connectivity index (χ1) is 7.08. The lowest BCUT2D eigenvalue weighted by Crippen LogP contribution is -2.22. The van der Waals surface area contributed by atoms with Crippen molar-refractivity contribution in [3.63, 3.8) is 0 Å². The van der Waals surface area contributed by atoms with Crippen LogP contribution in [-0.4, -0.2) is 18.1 Å². The van der Waals surface area contributed by atoms with E-state index in [2.05, 4.69) is 18.8 Å². The Kier molecular flexibility index (Phi) is 2.83. The average Bonchev–Trinajstić information content (AvgIpc) is 2.46. The molecule has 1 aromatic heterocycles. The molecule has 2 rings (SSSR count). The first-order valence-corrected chi connectivity index (χ1v) is 5.51. The van der Waals surface area contributed by atoms with Crippen LogP contribution in [0.4, 0.5) is 10.2 Å². The molecule has 2 heterocycles. The Labute approximate surface area is 94.1 Å². The molecule has 0 radical (unpaired) electrons. The molecule has 1 saturated heterocycles. The molecule has 0 aromatic carbocycles. The molecule has 1 fully saturated rings. The van der Waals surface area contributed by atoms with E-state index < -0.39 is 0 Å². The van der Waals surface area contributed by atoms with E-state index in [1.165, 1.54) is 12.3 Å². The fraction of sp³-hybridized carbons (Fsp3) is 0.545. The fourth-order valence-corrected chi connectivity index (χ4v) is 2.09. The van der Waals surface area contributed by atoms with Crippen molar-refractivity contribution in [2.45, 2.75) is 13.8 Å². The van der Waals surface area contributed by atoms with Crippen LogP contribution in [0.5, 0.6) is 0 Å². The maximum Gasteiger partial charge on any atom is 0.167 e. The Bertz CT molecular complexity index is 360. The van der Waals surface area contributed by atoms with Gasteiger partial charge in [-0.25, -0.2) is 9.37 Å². The Morgan fingerprint density at radius 2 is 2.00 bits per heavy atom. The molecule has 2 nitrogen and oxygen atoms in total. The number of hydrogen-bond acceptors (Lipinski definition) is 2. The zero-order valence-electron chi connectivity index (χ0n) is 8.87. The number of halogens is 2. The molecular formula is C11H14ClFN2. The van der Waals surface area contributed by atoms with Gasteiger partial charge in [0, 0.05) is 19.3 Å². The Hall–Kier alpha value is -0.830. The molecular weight excluding hydrogens is 215 g/mol. The normalized spacial score (nSPS) is 26.0. The minimum atomic E-state index is -0.330. The third-order valence-corrected chi connectivity index (χ3v) is 3.28. The van der Waals surface area contributed by atoms with Crippen LogP contribution in [0.1, 0.15) is 13.8 Å². The van der Waals surface area contributed by atoms with Gasteiger partial charge in [-0.1, -0.05) is 25.4 Å². The van der Waals surface area contributed by atoms with Gasteiger partial charge >= 0.3 is 0 Å². The Morgan fingerprint density at radius 1 is 1.40 bits per heavy atom. The smallest absolute Gasteiger partial charge is 0.167 e. The summed E-state index contributed by atoms with van der Waals surface area (Å²) in [5.41, 5.74) is 0. The van der Waals surface area contributed by atoms with Crippen molar-refractivity contribution in [3.8, 4) is 0 Å². The van der Waals surface area contributed by atoms with Crippen molar-refractivity contribution >= 4 is 17.4 Å². The summed E-state index contributed by atoms with van der Waals surface area (Å²) in [5.74, 6) is 1.27. The van der Waals surface area contributed by atoms with Crippen LogP contribution in [-0.2, 0) is 0 Å². The van der Waals surface area contributed by atoms with Crippen LogP contribution < -0.4 is 4.90 Å². The highest BCUT2D eigenvalue weighted by Gasteiger charge is 2.28. The number of rotatable bonds is 1. The van der Waals surface area contributed by atoms with Gasteiger partial charge in [0.15, 0.2) is 11.6 Å². The predicted molar refractivity (Wildman–Crippen MR) is 59.7 cm³/mol. The molecule has 0 bridgehead atoms. The van der Waals surface area contributed by atoms with Gasteiger partial charge in [0.2, 0.25) is 0 Å². The van der Waals surface area contributed by atoms with E-state index in [9.17, 15) is 4.39 Å². The third kappa shape index (κ3) is 2.07. The summed E-state index contributed by atoms with van der Waals surface area (Å²) in [4.78, 5) is 6.03. The summed E-state index contributed by atoms with van der Waals surface area (Å²) in [6, 6.07) is 1.32. The summed E-state index contributed by atoms with van der Waals surface area (Å²) in [5, 5.41) is 0.344. The third-order valence-electron chi connectivity index (χ3n) is 3.08. The van der Waals surface area contributed by atoms with Gasteiger partial charge in [0.1, 0.15) is 0 Å². The summed E-state index contributed by atoms with van der Waals surface area (Å²) >= 11 is 5.66. The van der Waals surface area contributed by atoms with Gasteiger partial charge in [-0.3, -0.25) is 0 Å². The van der Waals surface area contributed by atoms with Crippen molar-refractivity contribution in [2.24, 2.45) is 11.8 Å². The number of anilines is 1. The van der Waals surface area contributed by atoms with E-state index in [0.717, 1.165) is 13.1 Å². The number of aromatic nitrogens is 1. The molecule has 2 unspecified atom stereocenters. The minimum Gasteiger partial charge on any atom is -0.354 e. The SMILES string of the molecule is CC1CN(c2ncc(Cl)cc2F)CC1C. The van der Waals surface area contributed by atoms with Gasteiger partial charge in [-0.15, -0.1) is 0 Å². The molecule has 0 N–H and O–H groups in total. The topological polar surface area (TPSA) is 16.1 Å². The van der Waals surface area contributed by atoms with Gasteiger partial charge in [0.05, 0.1) is 5.02 Å². The summed E-state index contributed by atoms with van der Waals surface area (Å²) in [7, 11) is 0. The molecule has 1 aromatic rings. The average molecular weight is 229 g/mol. The second-order valence-corrected chi connectivity index (χ2v) is 4.75. The van der Waals surface area contributed by atoms with Crippen molar-refractivity contribution in [2.75, 3.05) is 18.0 Å². The molecule has 1 aliphatic heterocycles. The van der Waals surface area contributed by atoms with Gasteiger partial charge in [0.25, 0.3) is 0 Å². The quantitative estimate of drug-likeness (QED) is 0.735. The standard InChI is InChI=1S/C11H14ClFN2/c1-7-5-15(6-8(7)2)11-10(13)3-9(12)4-14-11/h3-4,7-8H,5-6H2,1-2H3. The van der Waals surface area contributed by atoms with Gasteiger partial charge in [-0.05, 0) is 17.9 Å². The monoisotopic (exact) mass is 228 g/mol. The zero-order chi connectivity index (χ0) is 11.0. The van der Waals surface area contributed by atoms with E-state index in [1.54, 1.807) is 0 Å². The molecule has 15 heavy (non-hydrogen) atoms. The van der Waals surface area contributed by atoms with Crippen molar-refractivity contribution in [1.82, 2.24) is 4.98 Å². The summed E-state index contributed by atoms with van der Waals surface area (Å²) in [6.07, 6.45) is 1.49. The highest BCUT2D eigenvalue weighted by molar-refractivity contribution is 6.30. The molecule has 0 amide bonds. The lowest BCUT2D eigenvalue weighted by molar-refractivity contribution is 0.494. The molecule has 4 heteroatoms. The van der Waals surface area contributed by atoms with Crippen molar-refractivity contribution in [1.29, 1.82) is 0 Å². The van der Waals surface area contributed by atoms with Gasteiger partial charge in [-0.2, -0.15) is 0 Å². The van der Waals surface area contributed by atoms with E-state index >= 15 is 0 Å². The molecule has 0 spiro atoms. The summed E-state index contributed by atoms with van der Waals surface area (Å²) in [6.45, 7) is 6.09. The van der Waals surface area contributed by atoms with Gasteiger partial charge < -0.3 is 4.90 Å². The maximum absolute atomic E-state index is 13.6. The minimum absolute atomic E-state index is 0.330. The van der Waals surface area contributed by atoms with Crippen LogP contribution in [0.25, 0.3) is 0 Å². The largest absolute Gasteiger partial charge is 0.354 e. The lowest BCUT2D eigenvalue weighted by atomic mass is 10.0. The predicted octanol–water partition coefficient (Wildman–Crippen LogP) is 2.97. The highest BCUT2D eigenvalue weighted by Crippen LogP contribution is 2.28. The molecule has 82 valence electrons. The Morgan fingerprint density at radius 3 is 2.53 bits per heavy atom. The second kappa shape index (κ2) is 3.97. The van der Waals surface area contributed by atoms with Crippen LogP contribution in [0.2, 0.25) is 5.02 Å². The number of hydrogen-bond donors (Lipinski definition) is 0. The second-order valence-electron chi connectivity index (χ2n) is 4.32. The highest BCUT2D eigenvalue weighted by atomic mass is 35.5. The molecule has 2 atom stereocenters. The lowest BCUT2D eigenvalue weighted by Gasteiger charge is -2.17. The number of pyridine rings is 1. The van der Waals surface area contributed by atoms with Crippen LogP contribution in [0.3, 0.4) is 0 Å². The van der Waals surface area contributed by atoms with E-state index in [-0.39, 0.29) is 5.82 Å². The first kappa shape index (κ1) is 10.7. The maximum atomic E-state index is 13.6. The number of nitrogens with zero attached hydrogens (tertiary/aromatic N) is 2.